The number of esters is 1. The van der Waals surface area contributed by atoms with Gasteiger partial charge in [-0.2, -0.15) is 0 Å². The van der Waals surface area contributed by atoms with E-state index in [2.05, 4.69) is 5.32 Å². The van der Waals surface area contributed by atoms with Crippen LogP contribution in [0.3, 0.4) is 0 Å². The molecule has 80 valence electrons. The van der Waals surface area contributed by atoms with Crippen LogP contribution in [0.5, 0.6) is 0 Å². The molecule has 0 atom stereocenters. The van der Waals surface area contributed by atoms with Gasteiger partial charge in [0.2, 0.25) is 6.41 Å². The number of anilines is 1. The maximum Gasteiger partial charge on any atom is 0.338 e. The number of rotatable bonds is 4. The van der Waals surface area contributed by atoms with Crippen LogP contribution in [0, 0.1) is 6.92 Å². The van der Waals surface area contributed by atoms with Crippen LogP contribution in [0.1, 0.15) is 22.8 Å². The molecule has 0 aliphatic heterocycles. The number of benzene rings is 1. The van der Waals surface area contributed by atoms with E-state index in [4.69, 9.17) is 4.74 Å². The number of ether oxygens (including phenoxy) is 1. The highest BCUT2D eigenvalue weighted by atomic mass is 16.5. The molecule has 1 aromatic carbocycles. The normalized spacial score (nSPS) is 9.47. The summed E-state index contributed by atoms with van der Waals surface area (Å²) in [7, 11) is 0. The first-order chi connectivity index (χ1) is 7.20. The van der Waals surface area contributed by atoms with Crippen LogP contribution in [0.25, 0.3) is 0 Å². The van der Waals surface area contributed by atoms with E-state index >= 15 is 0 Å². The van der Waals surface area contributed by atoms with E-state index in [0.717, 1.165) is 0 Å². The predicted octanol–water partition coefficient (Wildman–Crippen LogP) is 1.74. The Balaban J connectivity index is 3.03. The van der Waals surface area contributed by atoms with Crippen molar-refractivity contribution in [1.29, 1.82) is 0 Å². The smallest absolute Gasteiger partial charge is 0.338 e. The average Bonchev–Trinajstić information content (AvgIpc) is 2.22. The Morgan fingerprint density at radius 2 is 2.27 bits per heavy atom. The monoisotopic (exact) mass is 207 g/mol. The zero-order valence-electron chi connectivity index (χ0n) is 8.74. The fraction of sp³-hybridized carbons (Fsp3) is 0.273. The standard InChI is InChI=1S/C11H13NO3/c1-3-15-11(14)9-5-4-6-10(8(9)2)12-7-13/h4-7H,3H2,1-2H3,(H,12,13). The van der Waals surface area contributed by atoms with Crippen molar-refractivity contribution in [3.05, 3.63) is 29.3 Å². The number of amides is 1. The van der Waals surface area contributed by atoms with Crippen molar-refractivity contribution in [2.75, 3.05) is 11.9 Å². The fourth-order valence-corrected chi connectivity index (χ4v) is 1.29. The van der Waals surface area contributed by atoms with E-state index in [0.29, 0.717) is 29.8 Å². The molecule has 0 spiro atoms. The van der Waals surface area contributed by atoms with E-state index in [9.17, 15) is 9.59 Å². The topological polar surface area (TPSA) is 55.4 Å². The molecule has 0 radical (unpaired) electrons. The van der Waals surface area contributed by atoms with Crippen LogP contribution in [0.4, 0.5) is 5.69 Å². The summed E-state index contributed by atoms with van der Waals surface area (Å²) in [5.74, 6) is -0.371. The lowest BCUT2D eigenvalue weighted by atomic mass is 10.1. The zero-order chi connectivity index (χ0) is 11.3. The summed E-state index contributed by atoms with van der Waals surface area (Å²) >= 11 is 0. The van der Waals surface area contributed by atoms with Crippen LogP contribution in [-0.4, -0.2) is 19.0 Å². The first kappa shape index (κ1) is 11.2. The van der Waals surface area contributed by atoms with E-state index in [1.807, 2.05) is 0 Å². The highest BCUT2D eigenvalue weighted by molar-refractivity contribution is 5.93. The molecule has 0 heterocycles. The zero-order valence-corrected chi connectivity index (χ0v) is 8.74. The Morgan fingerprint density at radius 1 is 1.53 bits per heavy atom. The molecule has 15 heavy (non-hydrogen) atoms. The highest BCUT2D eigenvalue weighted by Crippen LogP contribution is 2.18. The summed E-state index contributed by atoms with van der Waals surface area (Å²) in [6.45, 7) is 3.85. The lowest BCUT2D eigenvalue weighted by molar-refractivity contribution is -0.105. The third kappa shape index (κ3) is 2.56. The van der Waals surface area contributed by atoms with E-state index in [-0.39, 0.29) is 5.97 Å². The number of nitrogens with one attached hydrogen (secondary N) is 1. The summed E-state index contributed by atoms with van der Waals surface area (Å²) < 4.78 is 4.89. The van der Waals surface area contributed by atoms with Crippen molar-refractivity contribution in [1.82, 2.24) is 0 Å². The largest absolute Gasteiger partial charge is 0.462 e. The van der Waals surface area contributed by atoms with Crippen molar-refractivity contribution in [3.63, 3.8) is 0 Å². The summed E-state index contributed by atoms with van der Waals surface area (Å²) in [6, 6.07) is 5.10. The van der Waals surface area contributed by atoms with Gasteiger partial charge in [0.05, 0.1) is 12.2 Å². The van der Waals surface area contributed by atoms with Gasteiger partial charge < -0.3 is 10.1 Å². The summed E-state index contributed by atoms with van der Waals surface area (Å²) in [5, 5.41) is 2.52. The molecule has 1 rings (SSSR count). The summed E-state index contributed by atoms with van der Waals surface area (Å²) in [5.41, 5.74) is 1.81. The van der Waals surface area contributed by atoms with Crippen LogP contribution in [0.2, 0.25) is 0 Å². The Labute approximate surface area is 88.2 Å². The van der Waals surface area contributed by atoms with Crippen molar-refractivity contribution in [2.24, 2.45) is 0 Å². The molecule has 1 N–H and O–H groups in total. The molecular formula is C11H13NO3. The molecule has 0 fully saturated rings. The molecule has 1 aromatic rings. The minimum absolute atomic E-state index is 0.337. The van der Waals surface area contributed by atoms with Gasteiger partial charge in [0.25, 0.3) is 0 Å². The quantitative estimate of drug-likeness (QED) is 0.604. The molecule has 0 unspecified atom stereocenters. The third-order valence-electron chi connectivity index (χ3n) is 2.04. The number of carbonyl (C=O) groups is 2. The predicted molar refractivity (Wildman–Crippen MR) is 56.8 cm³/mol. The van der Waals surface area contributed by atoms with Crippen molar-refractivity contribution in [3.8, 4) is 0 Å². The first-order valence-corrected chi connectivity index (χ1v) is 4.67. The minimum Gasteiger partial charge on any atom is -0.462 e. The first-order valence-electron chi connectivity index (χ1n) is 4.67. The Kier molecular flexibility index (Phi) is 3.85. The van der Waals surface area contributed by atoms with Crippen LogP contribution < -0.4 is 5.32 Å². The number of hydrogen-bond acceptors (Lipinski definition) is 3. The van der Waals surface area contributed by atoms with E-state index in [1.54, 1.807) is 32.0 Å². The molecular weight excluding hydrogens is 194 g/mol. The fourth-order valence-electron chi connectivity index (χ4n) is 1.29. The van der Waals surface area contributed by atoms with Gasteiger partial charge in [0.15, 0.2) is 0 Å². The van der Waals surface area contributed by atoms with E-state index < -0.39 is 0 Å². The van der Waals surface area contributed by atoms with Gasteiger partial charge in [-0.05, 0) is 31.5 Å². The Hall–Kier alpha value is -1.84. The Morgan fingerprint density at radius 3 is 2.87 bits per heavy atom. The van der Waals surface area contributed by atoms with Gasteiger partial charge in [0.1, 0.15) is 0 Å². The summed E-state index contributed by atoms with van der Waals surface area (Å²) in [4.78, 5) is 21.8. The highest BCUT2D eigenvalue weighted by Gasteiger charge is 2.11. The maximum atomic E-state index is 11.5. The van der Waals surface area contributed by atoms with E-state index in [1.165, 1.54) is 0 Å². The second kappa shape index (κ2) is 5.14. The second-order valence-corrected chi connectivity index (χ2v) is 2.96. The minimum atomic E-state index is -0.371. The summed E-state index contributed by atoms with van der Waals surface area (Å²) in [6.07, 6.45) is 0.581. The lowest BCUT2D eigenvalue weighted by Crippen LogP contribution is -2.08. The maximum absolute atomic E-state index is 11.5. The molecule has 0 aliphatic carbocycles. The third-order valence-corrected chi connectivity index (χ3v) is 2.04. The van der Waals surface area contributed by atoms with Gasteiger partial charge >= 0.3 is 5.97 Å². The SMILES string of the molecule is CCOC(=O)c1cccc(NC=O)c1C. The average molecular weight is 207 g/mol. The molecule has 0 saturated carbocycles. The number of hydrogen-bond donors (Lipinski definition) is 1. The van der Waals surface area contributed by atoms with Gasteiger partial charge in [-0.15, -0.1) is 0 Å². The van der Waals surface area contributed by atoms with Crippen LogP contribution in [0.15, 0.2) is 18.2 Å². The van der Waals surface area contributed by atoms with Crippen LogP contribution in [-0.2, 0) is 9.53 Å². The van der Waals surface area contributed by atoms with Crippen molar-refractivity contribution >= 4 is 18.1 Å². The molecule has 0 saturated heterocycles. The van der Waals surface area contributed by atoms with Crippen molar-refractivity contribution in [2.45, 2.75) is 13.8 Å². The van der Waals surface area contributed by atoms with Gasteiger partial charge in [0, 0.05) is 5.69 Å². The molecule has 1 amide bonds. The van der Waals surface area contributed by atoms with Crippen molar-refractivity contribution < 1.29 is 14.3 Å². The van der Waals surface area contributed by atoms with Gasteiger partial charge in [-0.1, -0.05) is 6.07 Å². The molecule has 0 aliphatic rings. The van der Waals surface area contributed by atoms with Gasteiger partial charge in [-0.25, -0.2) is 4.79 Å². The number of carbonyl (C=O) groups excluding carboxylic acids is 2. The lowest BCUT2D eigenvalue weighted by Gasteiger charge is -2.09. The second-order valence-electron chi connectivity index (χ2n) is 2.96. The Bertz CT molecular complexity index is 374. The molecule has 0 aromatic heterocycles. The molecule has 0 bridgehead atoms. The van der Waals surface area contributed by atoms with Crippen LogP contribution >= 0.6 is 0 Å². The molecule has 4 heteroatoms. The van der Waals surface area contributed by atoms with Gasteiger partial charge in [-0.3, -0.25) is 4.79 Å². The molecule has 4 nitrogen and oxygen atoms in total.